The Morgan fingerprint density at radius 3 is 2.47 bits per heavy atom. The van der Waals surface area contributed by atoms with Crippen molar-refractivity contribution in [2.24, 2.45) is 0 Å². The highest BCUT2D eigenvalue weighted by Crippen LogP contribution is 2.33. The van der Waals surface area contributed by atoms with Gasteiger partial charge in [-0.3, -0.25) is 0 Å². The molecule has 1 aromatic carbocycles. The van der Waals surface area contributed by atoms with Crippen molar-refractivity contribution in [3.05, 3.63) is 54.3 Å². The first-order chi connectivity index (χ1) is 8.00. The Morgan fingerprint density at radius 2 is 1.88 bits per heavy atom. The van der Waals surface area contributed by atoms with Crippen molar-refractivity contribution in [1.82, 2.24) is 0 Å². The van der Waals surface area contributed by atoms with Crippen LogP contribution in [-0.2, 0) is 0 Å². The minimum absolute atomic E-state index is 0.508. The number of aryl methyl sites for hydroxylation is 3. The van der Waals surface area contributed by atoms with E-state index in [4.69, 9.17) is 0 Å². The second kappa shape index (κ2) is 5.08. The lowest BCUT2D eigenvalue weighted by Gasteiger charge is -2.14. The van der Waals surface area contributed by atoms with Crippen molar-refractivity contribution in [2.45, 2.75) is 26.9 Å². The second-order valence-electron chi connectivity index (χ2n) is 4.25. The first-order valence-corrected chi connectivity index (χ1v) is 7.40. The molecule has 1 aromatic heterocycles. The van der Waals surface area contributed by atoms with Crippen LogP contribution in [0.3, 0.4) is 0 Å². The molecule has 0 amide bonds. The molecule has 3 heteroatoms. The van der Waals surface area contributed by atoms with Gasteiger partial charge in [0.25, 0.3) is 0 Å². The van der Waals surface area contributed by atoms with E-state index >= 15 is 0 Å². The molecule has 1 atom stereocenters. The highest BCUT2D eigenvalue weighted by molar-refractivity contribution is 14.1. The van der Waals surface area contributed by atoms with Gasteiger partial charge in [0.2, 0.25) is 0 Å². The van der Waals surface area contributed by atoms with Crippen LogP contribution < -0.4 is 0 Å². The first-order valence-electron chi connectivity index (χ1n) is 5.50. The molecule has 0 bridgehead atoms. The summed E-state index contributed by atoms with van der Waals surface area (Å²) in [5.41, 5.74) is 3.26. The third-order valence-corrected chi connectivity index (χ3v) is 5.35. The molecule has 1 unspecified atom stereocenters. The molecule has 1 N–H and O–H groups in total. The van der Waals surface area contributed by atoms with Crippen LogP contribution in [0.1, 0.15) is 32.5 Å². The molecular weight excluding hydrogens is 343 g/mol. The van der Waals surface area contributed by atoms with Gasteiger partial charge in [0.05, 0.1) is 0 Å². The van der Waals surface area contributed by atoms with Gasteiger partial charge in [-0.25, -0.2) is 0 Å². The molecule has 2 aromatic rings. The van der Waals surface area contributed by atoms with E-state index in [9.17, 15) is 5.11 Å². The zero-order valence-corrected chi connectivity index (χ0v) is 13.1. The second-order valence-corrected chi connectivity index (χ2v) is 6.79. The Hall–Kier alpha value is -0.390. The Balaban J connectivity index is 2.47. The van der Waals surface area contributed by atoms with E-state index in [0.717, 1.165) is 14.7 Å². The zero-order chi connectivity index (χ0) is 12.6. The van der Waals surface area contributed by atoms with E-state index in [1.54, 1.807) is 11.3 Å². The van der Waals surface area contributed by atoms with Gasteiger partial charge < -0.3 is 5.11 Å². The van der Waals surface area contributed by atoms with Crippen molar-refractivity contribution in [3.8, 4) is 0 Å². The Morgan fingerprint density at radius 1 is 1.18 bits per heavy atom. The molecule has 90 valence electrons. The highest BCUT2D eigenvalue weighted by Gasteiger charge is 2.18. The molecule has 0 aliphatic heterocycles. The number of benzene rings is 1. The van der Waals surface area contributed by atoms with Gasteiger partial charge in [-0.05, 0) is 66.1 Å². The fourth-order valence-corrected chi connectivity index (χ4v) is 3.58. The van der Waals surface area contributed by atoms with Gasteiger partial charge in [0.15, 0.2) is 0 Å². The number of hydrogen-bond acceptors (Lipinski definition) is 2. The van der Waals surface area contributed by atoms with Gasteiger partial charge in [-0.2, -0.15) is 0 Å². The summed E-state index contributed by atoms with van der Waals surface area (Å²) >= 11 is 4.05. The molecule has 17 heavy (non-hydrogen) atoms. The van der Waals surface area contributed by atoms with E-state index < -0.39 is 6.10 Å². The molecule has 2 rings (SSSR count). The molecule has 0 spiro atoms. The average Bonchev–Trinajstić information content (AvgIpc) is 2.61. The molecular formula is C14H15IOS. The predicted octanol–water partition coefficient (Wildman–Crippen LogP) is 4.36. The molecule has 0 radical (unpaired) electrons. The van der Waals surface area contributed by atoms with Crippen LogP contribution in [0.2, 0.25) is 0 Å². The van der Waals surface area contributed by atoms with Crippen LogP contribution >= 0.6 is 33.9 Å². The largest absolute Gasteiger partial charge is 0.384 e. The quantitative estimate of drug-likeness (QED) is 0.791. The molecule has 0 fully saturated rings. The standard InChI is InChI=1S/C14H15IOS/c1-8-5-4-6-11(13(8)15)14(16)12-7-9(2)17-10(12)3/h4-7,14,16H,1-3H3. The molecule has 0 aliphatic rings. The number of halogens is 1. The maximum absolute atomic E-state index is 10.5. The van der Waals surface area contributed by atoms with Gasteiger partial charge in [-0.1, -0.05) is 18.2 Å². The maximum atomic E-state index is 10.5. The topological polar surface area (TPSA) is 20.2 Å². The molecule has 1 heterocycles. The zero-order valence-electron chi connectivity index (χ0n) is 10.1. The SMILES string of the molecule is Cc1cc(C(O)c2cccc(C)c2I)c(C)s1. The van der Waals surface area contributed by atoms with Gasteiger partial charge in [0.1, 0.15) is 6.10 Å². The van der Waals surface area contributed by atoms with Crippen molar-refractivity contribution >= 4 is 33.9 Å². The van der Waals surface area contributed by atoms with Gasteiger partial charge in [-0.15, -0.1) is 11.3 Å². The van der Waals surface area contributed by atoms with Crippen LogP contribution in [0.4, 0.5) is 0 Å². The number of rotatable bonds is 2. The number of hydrogen-bond donors (Lipinski definition) is 1. The Labute approximate surface area is 120 Å². The minimum atomic E-state index is -0.508. The normalized spacial score (nSPS) is 12.8. The number of aliphatic hydroxyl groups is 1. The fourth-order valence-electron chi connectivity index (χ4n) is 1.97. The van der Waals surface area contributed by atoms with E-state index in [1.165, 1.54) is 15.3 Å². The van der Waals surface area contributed by atoms with E-state index in [2.05, 4.69) is 55.5 Å². The predicted molar refractivity (Wildman–Crippen MR) is 81.8 cm³/mol. The third-order valence-electron chi connectivity index (χ3n) is 2.89. The summed E-state index contributed by atoms with van der Waals surface area (Å²) in [4.78, 5) is 2.45. The monoisotopic (exact) mass is 358 g/mol. The van der Waals surface area contributed by atoms with E-state index in [1.807, 2.05) is 12.1 Å². The molecule has 0 aliphatic carbocycles. The van der Waals surface area contributed by atoms with Crippen molar-refractivity contribution in [1.29, 1.82) is 0 Å². The summed E-state index contributed by atoms with van der Waals surface area (Å²) in [6.07, 6.45) is -0.508. The summed E-state index contributed by atoms with van der Waals surface area (Å²) < 4.78 is 1.15. The van der Waals surface area contributed by atoms with Crippen LogP contribution in [-0.4, -0.2) is 5.11 Å². The van der Waals surface area contributed by atoms with Crippen LogP contribution in [0.5, 0.6) is 0 Å². The lowest BCUT2D eigenvalue weighted by atomic mass is 10.0. The maximum Gasteiger partial charge on any atom is 0.106 e. The van der Waals surface area contributed by atoms with Gasteiger partial charge >= 0.3 is 0 Å². The molecule has 1 nitrogen and oxygen atoms in total. The molecule has 0 saturated carbocycles. The summed E-state index contributed by atoms with van der Waals surface area (Å²) in [6.45, 7) is 6.22. The van der Waals surface area contributed by atoms with Crippen molar-refractivity contribution in [2.75, 3.05) is 0 Å². The number of aliphatic hydroxyl groups excluding tert-OH is 1. The van der Waals surface area contributed by atoms with Gasteiger partial charge in [0, 0.05) is 13.3 Å². The third kappa shape index (κ3) is 2.56. The van der Waals surface area contributed by atoms with E-state index in [-0.39, 0.29) is 0 Å². The number of thiophene rings is 1. The van der Waals surface area contributed by atoms with Crippen LogP contribution in [0, 0.1) is 24.3 Å². The summed E-state index contributed by atoms with van der Waals surface area (Å²) in [5.74, 6) is 0. The summed E-state index contributed by atoms with van der Waals surface area (Å²) in [6, 6.07) is 8.17. The van der Waals surface area contributed by atoms with Crippen LogP contribution in [0.15, 0.2) is 24.3 Å². The van der Waals surface area contributed by atoms with Crippen molar-refractivity contribution in [3.63, 3.8) is 0 Å². The summed E-state index contributed by atoms with van der Waals surface area (Å²) in [7, 11) is 0. The average molecular weight is 358 g/mol. The Bertz CT molecular complexity index is 545. The lowest BCUT2D eigenvalue weighted by Crippen LogP contribution is -2.03. The first kappa shape index (κ1) is 13.1. The van der Waals surface area contributed by atoms with Crippen LogP contribution in [0.25, 0.3) is 0 Å². The minimum Gasteiger partial charge on any atom is -0.384 e. The van der Waals surface area contributed by atoms with Crippen molar-refractivity contribution < 1.29 is 5.11 Å². The fraction of sp³-hybridized carbons (Fsp3) is 0.286. The molecule has 0 saturated heterocycles. The highest BCUT2D eigenvalue weighted by atomic mass is 127. The van der Waals surface area contributed by atoms with E-state index in [0.29, 0.717) is 0 Å². The lowest BCUT2D eigenvalue weighted by molar-refractivity contribution is 0.219. The smallest absolute Gasteiger partial charge is 0.106 e. The summed E-state index contributed by atoms with van der Waals surface area (Å²) in [5, 5.41) is 10.5. The Kier molecular flexibility index (Phi) is 3.90.